The molecule has 0 aromatic heterocycles. The van der Waals surface area contributed by atoms with Crippen LogP contribution in [0.2, 0.25) is 0 Å². The van der Waals surface area contributed by atoms with Gasteiger partial charge in [0.05, 0.1) is 12.1 Å². The summed E-state index contributed by atoms with van der Waals surface area (Å²) in [6, 6.07) is 4.23. The third-order valence-electron chi connectivity index (χ3n) is 4.97. The number of hydrogen-bond donors (Lipinski definition) is 1. The number of piperidine rings is 1. The van der Waals surface area contributed by atoms with Crippen LogP contribution in [-0.2, 0) is 22.2 Å². The summed E-state index contributed by atoms with van der Waals surface area (Å²) in [7, 11) is 0. The number of alkyl halides is 3. The van der Waals surface area contributed by atoms with E-state index in [0.717, 1.165) is 12.1 Å². The maximum Gasteiger partial charge on any atom is 0.416 e. The molecular weight excluding hydrogens is 363 g/mol. The Morgan fingerprint density at radius 2 is 1.74 bits per heavy atom. The minimum Gasteiger partial charge on any atom is -0.343 e. The Morgan fingerprint density at radius 3 is 2.26 bits per heavy atom. The van der Waals surface area contributed by atoms with Crippen LogP contribution in [0.25, 0.3) is 0 Å². The molecule has 3 rings (SSSR count). The molecule has 0 radical (unpaired) electrons. The Hall–Kier alpha value is -2.58. The van der Waals surface area contributed by atoms with Crippen molar-refractivity contribution < 1.29 is 27.6 Å². The van der Waals surface area contributed by atoms with Gasteiger partial charge in [-0.2, -0.15) is 13.2 Å². The number of carbonyl (C=O) groups excluding carboxylic acids is 3. The normalized spacial score (nSPS) is 18.8. The fraction of sp³-hybridized carbons (Fsp3) is 0.500. The molecule has 0 saturated carbocycles. The number of carbonyl (C=O) groups is 3. The zero-order valence-corrected chi connectivity index (χ0v) is 14.6. The molecule has 2 saturated heterocycles. The van der Waals surface area contributed by atoms with Crippen molar-refractivity contribution in [2.75, 3.05) is 19.6 Å². The molecule has 6 nitrogen and oxygen atoms in total. The van der Waals surface area contributed by atoms with Gasteiger partial charge in [0, 0.05) is 25.6 Å². The van der Waals surface area contributed by atoms with Gasteiger partial charge in [0.25, 0.3) is 0 Å². The summed E-state index contributed by atoms with van der Waals surface area (Å²) in [4.78, 5) is 38.7. The molecule has 4 amide bonds. The predicted octanol–water partition coefficient (Wildman–Crippen LogP) is 2.18. The lowest BCUT2D eigenvalue weighted by atomic mass is 10.0. The van der Waals surface area contributed by atoms with Crippen LogP contribution in [0.3, 0.4) is 0 Å². The lowest BCUT2D eigenvalue weighted by Crippen LogP contribution is -2.49. The van der Waals surface area contributed by atoms with E-state index in [4.69, 9.17) is 0 Å². The van der Waals surface area contributed by atoms with E-state index in [0.29, 0.717) is 37.9 Å². The van der Waals surface area contributed by atoms with E-state index in [1.807, 2.05) is 0 Å². The van der Waals surface area contributed by atoms with Gasteiger partial charge in [-0.05, 0) is 37.0 Å². The molecule has 0 spiro atoms. The minimum atomic E-state index is -4.37. The fourth-order valence-electron chi connectivity index (χ4n) is 3.45. The maximum absolute atomic E-state index is 12.6. The number of nitrogens with one attached hydrogen (secondary N) is 1. The van der Waals surface area contributed by atoms with Gasteiger partial charge in [0.1, 0.15) is 0 Å². The van der Waals surface area contributed by atoms with Crippen molar-refractivity contribution in [2.45, 2.75) is 37.9 Å². The van der Waals surface area contributed by atoms with E-state index in [1.54, 1.807) is 4.90 Å². The summed E-state index contributed by atoms with van der Waals surface area (Å²) in [6.07, 6.45) is -2.73. The number of benzene rings is 1. The average Bonchev–Trinajstić information content (AvgIpc) is 2.98. The molecule has 0 unspecified atom stereocenters. The number of halogens is 3. The van der Waals surface area contributed by atoms with E-state index in [2.05, 4.69) is 5.32 Å². The molecule has 1 N–H and O–H groups in total. The topological polar surface area (TPSA) is 69.7 Å². The van der Waals surface area contributed by atoms with Crippen molar-refractivity contribution in [3.63, 3.8) is 0 Å². The number of rotatable bonds is 4. The summed E-state index contributed by atoms with van der Waals surface area (Å²) in [6.45, 7) is 0.923. The van der Waals surface area contributed by atoms with Gasteiger partial charge in [-0.1, -0.05) is 12.1 Å². The second kappa shape index (κ2) is 7.58. The van der Waals surface area contributed by atoms with Gasteiger partial charge in [0.2, 0.25) is 11.8 Å². The van der Waals surface area contributed by atoms with Crippen LogP contribution < -0.4 is 5.32 Å². The maximum atomic E-state index is 12.6. The number of imide groups is 1. The quantitative estimate of drug-likeness (QED) is 0.811. The summed E-state index contributed by atoms with van der Waals surface area (Å²) < 4.78 is 37.7. The van der Waals surface area contributed by atoms with Gasteiger partial charge >= 0.3 is 12.2 Å². The van der Waals surface area contributed by atoms with Crippen LogP contribution in [0.5, 0.6) is 0 Å². The zero-order chi connectivity index (χ0) is 19.6. The molecule has 1 aromatic rings. The highest BCUT2D eigenvalue weighted by Crippen LogP contribution is 2.29. The molecule has 27 heavy (non-hydrogen) atoms. The van der Waals surface area contributed by atoms with Crippen molar-refractivity contribution in [2.24, 2.45) is 0 Å². The molecule has 9 heteroatoms. The Morgan fingerprint density at radius 1 is 1.11 bits per heavy atom. The highest BCUT2D eigenvalue weighted by molar-refractivity contribution is 6.02. The van der Waals surface area contributed by atoms with E-state index in [-0.39, 0.29) is 36.9 Å². The second-order valence-electron chi connectivity index (χ2n) is 6.73. The number of nitrogens with zero attached hydrogens (tertiary/aromatic N) is 2. The second-order valence-corrected chi connectivity index (χ2v) is 6.73. The first kappa shape index (κ1) is 19.2. The first-order valence-corrected chi connectivity index (χ1v) is 8.79. The standard InChI is InChI=1S/C18H20F3N3O3/c19-18(20,21)13-4-1-12(2-5-13)3-6-15(25)23-9-7-14(8-10-23)24-16(26)11-22-17(24)27/h1-2,4-5,14H,3,6-11H2,(H,22,27). The van der Waals surface area contributed by atoms with Gasteiger partial charge in [-0.25, -0.2) is 4.79 Å². The summed E-state index contributed by atoms with van der Waals surface area (Å²) in [5, 5.41) is 2.49. The number of aryl methyl sites for hydroxylation is 1. The van der Waals surface area contributed by atoms with Crippen molar-refractivity contribution in [3.8, 4) is 0 Å². The van der Waals surface area contributed by atoms with E-state index in [1.165, 1.54) is 17.0 Å². The smallest absolute Gasteiger partial charge is 0.343 e. The molecule has 146 valence electrons. The Labute approximate surface area is 154 Å². The fourth-order valence-corrected chi connectivity index (χ4v) is 3.45. The Bertz CT molecular complexity index is 710. The van der Waals surface area contributed by atoms with Crippen molar-refractivity contribution in [1.29, 1.82) is 0 Å². The SMILES string of the molecule is O=C(CCc1ccc(C(F)(F)F)cc1)N1CCC(N2C(=O)CNC2=O)CC1. The van der Waals surface area contributed by atoms with Gasteiger partial charge in [-0.3, -0.25) is 14.5 Å². The molecule has 0 aliphatic carbocycles. The van der Waals surface area contributed by atoms with Crippen LogP contribution in [-0.4, -0.2) is 53.3 Å². The molecule has 2 heterocycles. The number of urea groups is 1. The molecule has 0 bridgehead atoms. The summed E-state index contributed by atoms with van der Waals surface area (Å²) in [5.74, 6) is -0.322. The molecular formula is C18H20F3N3O3. The Balaban J connectivity index is 1.47. The molecule has 2 aliphatic rings. The van der Waals surface area contributed by atoms with Crippen LogP contribution in [0.15, 0.2) is 24.3 Å². The van der Waals surface area contributed by atoms with Crippen LogP contribution in [0.4, 0.5) is 18.0 Å². The largest absolute Gasteiger partial charge is 0.416 e. The van der Waals surface area contributed by atoms with Crippen LogP contribution >= 0.6 is 0 Å². The van der Waals surface area contributed by atoms with E-state index >= 15 is 0 Å². The summed E-state index contributed by atoms with van der Waals surface area (Å²) >= 11 is 0. The molecule has 1 aromatic carbocycles. The lowest BCUT2D eigenvalue weighted by Gasteiger charge is -2.35. The monoisotopic (exact) mass is 383 g/mol. The van der Waals surface area contributed by atoms with Crippen LogP contribution in [0, 0.1) is 0 Å². The zero-order valence-electron chi connectivity index (χ0n) is 14.6. The minimum absolute atomic E-state index is 0.0190. The third kappa shape index (κ3) is 4.40. The highest BCUT2D eigenvalue weighted by atomic mass is 19.4. The average molecular weight is 383 g/mol. The van der Waals surface area contributed by atoms with Gasteiger partial charge in [0.15, 0.2) is 0 Å². The van der Waals surface area contributed by atoms with Gasteiger partial charge in [-0.15, -0.1) is 0 Å². The predicted molar refractivity (Wildman–Crippen MR) is 89.6 cm³/mol. The third-order valence-corrected chi connectivity index (χ3v) is 4.97. The van der Waals surface area contributed by atoms with Crippen LogP contribution in [0.1, 0.15) is 30.4 Å². The molecule has 0 atom stereocenters. The van der Waals surface area contributed by atoms with Crippen molar-refractivity contribution in [3.05, 3.63) is 35.4 Å². The first-order chi connectivity index (χ1) is 12.8. The van der Waals surface area contributed by atoms with Crippen molar-refractivity contribution >= 4 is 17.8 Å². The number of amides is 4. The van der Waals surface area contributed by atoms with E-state index < -0.39 is 11.7 Å². The molecule has 2 fully saturated rings. The summed E-state index contributed by atoms with van der Waals surface area (Å²) in [5.41, 5.74) is -0.0364. The number of likely N-dealkylation sites (tertiary alicyclic amines) is 1. The lowest BCUT2D eigenvalue weighted by molar-refractivity contribution is -0.138. The Kier molecular flexibility index (Phi) is 5.38. The van der Waals surface area contributed by atoms with Crippen molar-refractivity contribution in [1.82, 2.24) is 15.1 Å². The molecule has 2 aliphatic heterocycles. The van der Waals surface area contributed by atoms with Gasteiger partial charge < -0.3 is 10.2 Å². The first-order valence-electron chi connectivity index (χ1n) is 8.79. The highest BCUT2D eigenvalue weighted by Gasteiger charge is 2.37. The van der Waals surface area contributed by atoms with E-state index in [9.17, 15) is 27.6 Å². The number of hydrogen-bond acceptors (Lipinski definition) is 3.